The molecule has 0 spiro atoms. The van der Waals surface area contributed by atoms with Crippen molar-refractivity contribution in [3.63, 3.8) is 0 Å². The first kappa shape index (κ1) is 8.82. The lowest BCUT2D eigenvalue weighted by molar-refractivity contribution is 0.627. The Morgan fingerprint density at radius 1 is 1.60 bits per heavy atom. The van der Waals surface area contributed by atoms with Crippen LogP contribution in [0.3, 0.4) is 0 Å². The van der Waals surface area contributed by atoms with Crippen molar-refractivity contribution in [1.29, 1.82) is 0 Å². The van der Waals surface area contributed by atoms with Crippen molar-refractivity contribution in [1.82, 2.24) is 10.2 Å². The topological polar surface area (TPSA) is 15.3 Å². The summed E-state index contributed by atoms with van der Waals surface area (Å²) in [6.07, 6.45) is 5.48. The van der Waals surface area contributed by atoms with Gasteiger partial charge in [-0.1, -0.05) is 13.2 Å². The van der Waals surface area contributed by atoms with Crippen LogP contribution >= 0.6 is 0 Å². The van der Waals surface area contributed by atoms with E-state index < -0.39 is 0 Å². The Bertz CT molecular complexity index is 147. The Morgan fingerprint density at radius 3 is 2.60 bits per heavy atom. The van der Waals surface area contributed by atoms with E-state index in [1.807, 2.05) is 31.3 Å². The van der Waals surface area contributed by atoms with Crippen molar-refractivity contribution in [3.05, 3.63) is 37.3 Å². The molecule has 0 aromatic rings. The lowest BCUT2D eigenvalue weighted by Gasteiger charge is -2.05. The van der Waals surface area contributed by atoms with Crippen LogP contribution in [0.5, 0.6) is 0 Å². The van der Waals surface area contributed by atoms with Crippen LogP contribution in [0, 0.1) is 0 Å². The maximum absolute atomic E-state index is 3.72. The summed E-state index contributed by atoms with van der Waals surface area (Å²) in [5.74, 6) is 0. The van der Waals surface area contributed by atoms with E-state index in [1.54, 1.807) is 6.20 Å². The summed E-state index contributed by atoms with van der Waals surface area (Å²) in [7, 11) is 3.74. The Balaban J connectivity index is 3.74. The second-order valence-corrected chi connectivity index (χ2v) is 1.94. The smallest absolute Gasteiger partial charge is 0.0279 e. The molecule has 1 N–H and O–H groups in total. The van der Waals surface area contributed by atoms with E-state index in [-0.39, 0.29) is 0 Å². The van der Waals surface area contributed by atoms with E-state index in [2.05, 4.69) is 18.5 Å². The molecule has 0 saturated carbocycles. The first-order valence-corrected chi connectivity index (χ1v) is 3.10. The van der Waals surface area contributed by atoms with Crippen molar-refractivity contribution in [2.24, 2.45) is 0 Å². The van der Waals surface area contributed by atoms with E-state index in [1.165, 1.54) is 0 Å². The third kappa shape index (κ3) is 3.78. The van der Waals surface area contributed by atoms with Gasteiger partial charge < -0.3 is 10.2 Å². The summed E-state index contributed by atoms with van der Waals surface area (Å²) in [6.45, 7) is 7.31. The van der Waals surface area contributed by atoms with Gasteiger partial charge in [0, 0.05) is 26.0 Å². The van der Waals surface area contributed by atoms with E-state index >= 15 is 0 Å². The van der Waals surface area contributed by atoms with Gasteiger partial charge in [0.1, 0.15) is 0 Å². The highest BCUT2D eigenvalue weighted by atomic mass is 15.0. The molecule has 0 aliphatic heterocycles. The van der Waals surface area contributed by atoms with E-state index in [4.69, 9.17) is 0 Å². The molecule has 0 radical (unpaired) electrons. The predicted molar refractivity (Wildman–Crippen MR) is 45.3 cm³/mol. The monoisotopic (exact) mass is 138 g/mol. The molecule has 56 valence electrons. The van der Waals surface area contributed by atoms with E-state index in [9.17, 15) is 0 Å². The zero-order valence-electron chi connectivity index (χ0n) is 6.59. The molecule has 0 atom stereocenters. The highest BCUT2D eigenvalue weighted by molar-refractivity contribution is 5.11. The molecule has 0 aliphatic rings. The van der Waals surface area contributed by atoms with Crippen LogP contribution in [-0.2, 0) is 0 Å². The normalized spacial score (nSPS) is 9.40. The predicted octanol–water partition coefficient (Wildman–Crippen LogP) is 1.31. The summed E-state index contributed by atoms with van der Waals surface area (Å²) < 4.78 is 0. The van der Waals surface area contributed by atoms with Crippen LogP contribution in [0.2, 0.25) is 0 Å². The second-order valence-electron chi connectivity index (χ2n) is 1.94. The summed E-state index contributed by atoms with van der Waals surface area (Å²) in [5.41, 5.74) is 0.883. The van der Waals surface area contributed by atoms with Gasteiger partial charge in [-0.05, 0) is 12.3 Å². The second kappa shape index (κ2) is 4.68. The fraction of sp³-hybridized carbons (Fsp3) is 0.250. The zero-order chi connectivity index (χ0) is 7.98. The average Bonchev–Trinajstić information content (AvgIpc) is 1.99. The van der Waals surface area contributed by atoms with Gasteiger partial charge in [-0.2, -0.15) is 0 Å². The summed E-state index contributed by atoms with van der Waals surface area (Å²) >= 11 is 0. The highest BCUT2D eigenvalue weighted by Gasteiger charge is 1.80. The first-order chi connectivity index (χ1) is 4.70. The van der Waals surface area contributed by atoms with Crippen LogP contribution in [-0.4, -0.2) is 19.0 Å². The third-order valence-corrected chi connectivity index (χ3v) is 1.12. The van der Waals surface area contributed by atoms with E-state index in [0.29, 0.717) is 0 Å². The number of likely N-dealkylation sites (N-methyl/N-ethyl adjacent to an activating group) is 1. The summed E-state index contributed by atoms with van der Waals surface area (Å²) in [5, 5.41) is 2.90. The Kier molecular flexibility index (Phi) is 4.12. The maximum atomic E-state index is 3.72. The van der Waals surface area contributed by atoms with Crippen LogP contribution in [0.25, 0.3) is 0 Å². The number of hydrogen-bond donors (Lipinski definition) is 1. The molecular formula is C8H14N2. The largest absolute Gasteiger partial charge is 0.389 e. The van der Waals surface area contributed by atoms with Gasteiger partial charge in [-0.3, -0.25) is 0 Å². The van der Waals surface area contributed by atoms with Crippen molar-refractivity contribution >= 4 is 0 Å². The summed E-state index contributed by atoms with van der Waals surface area (Å²) in [6, 6.07) is 0. The molecule has 0 rings (SSSR count). The van der Waals surface area contributed by atoms with Gasteiger partial charge in [0.15, 0.2) is 0 Å². The van der Waals surface area contributed by atoms with Gasteiger partial charge in [0.2, 0.25) is 0 Å². The molecule has 0 aromatic heterocycles. The van der Waals surface area contributed by atoms with Crippen LogP contribution in [0.15, 0.2) is 37.3 Å². The van der Waals surface area contributed by atoms with E-state index in [0.717, 1.165) is 5.70 Å². The quantitative estimate of drug-likeness (QED) is 0.589. The Morgan fingerprint density at radius 2 is 2.20 bits per heavy atom. The number of hydrogen-bond acceptors (Lipinski definition) is 2. The van der Waals surface area contributed by atoms with Gasteiger partial charge in [0.05, 0.1) is 0 Å². The van der Waals surface area contributed by atoms with Crippen molar-refractivity contribution in [3.8, 4) is 0 Å². The molecule has 0 amide bonds. The molecule has 0 aliphatic carbocycles. The molecule has 0 bridgehead atoms. The highest BCUT2D eigenvalue weighted by Crippen LogP contribution is 1.88. The number of nitrogens with zero attached hydrogens (tertiary/aromatic N) is 1. The standard InChI is InChI=1S/C8H14N2/c1-5-10(4)7-6-8(2)9-3/h5-7,9H,1-2H2,3-4H3/b7-6-. The molecule has 2 nitrogen and oxygen atoms in total. The minimum absolute atomic E-state index is 0.883. The molecule has 0 unspecified atom stereocenters. The maximum Gasteiger partial charge on any atom is 0.0279 e. The average molecular weight is 138 g/mol. The number of nitrogens with one attached hydrogen (secondary N) is 1. The van der Waals surface area contributed by atoms with Gasteiger partial charge in [-0.15, -0.1) is 0 Å². The number of allylic oxidation sites excluding steroid dienone is 1. The molecule has 10 heavy (non-hydrogen) atoms. The molecular weight excluding hydrogens is 124 g/mol. The first-order valence-electron chi connectivity index (χ1n) is 3.10. The molecule has 0 saturated heterocycles. The van der Waals surface area contributed by atoms with Gasteiger partial charge in [0.25, 0.3) is 0 Å². The van der Waals surface area contributed by atoms with Crippen LogP contribution in [0.4, 0.5) is 0 Å². The molecule has 0 fully saturated rings. The molecule has 0 heterocycles. The van der Waals surface area contributed by atoms with Crippen molar-refractivity contribution < 1.29 is 0 Å². The van der Waals surface area contributed by atoms with Crippen LogP contribution in [0.1, 0.15) is 0 Å². The van der Waals surface area contributed by atoms with Crippen molar-refractivity contribution in [2.75, 3.05) is 14.1 Å². The van der Waals surface area contributed by atoms with Gasteiger partial charge in [-0.25, -0.2) is 0 Å². The lowest BCUT2D eigenvalue weighted by Crippen LogP contribution is -2.04. The minimum Gasteiger partial charge on any atom is -0.389 e. The minimum atomic E-state index is 0.883. The lowest BCUT2D eigenvalue weighted by atomic mass is 10.4. The fourth-order valence-corrected chi connectivity index (χ4v) is 0.352. The zero-order valence-corrected chi connectivity index (χ0v) is 6.59. The summed E-state index contributed by atoms with van der Waals surface area (Å²) in [4.78, 5) is 1.85. The van der Waals surface area contributed by atoms with Crippen LogP contribution < -0.4 is 5.32 Å². The SMILES string of the molecule is C=CN(C)/C=C\C(=C)NC. The Hall–Kier alpha value is -1.18. The van der Waals surface area contributed by atoms with Gasteiger partial charge >= 0.3 is 0 Å². The third-order valence-electron chi connectivity index (χ3n) is 1.12. The fourth-order valence-electron chi connectivity index (χ4n) is 0.352. The number of rotatable bonds is 4. The molecule has 0 aromatic carbocycles. The van der Waals surface area contributed by atoms with Crippen molar-refractivity contribution in [2.45, 2.75) is 0 Å². The molecule has 2 heteroatoms. The Labute approximate surface area is 62.5 Å².